The van der Waals surface area contributed by atoms with Gasteiger partial charge in [0.05, 0.1) is 10.6 Å². The van der Waals surface area contributed by atoms with E-state index in [9.17, 15) is 4.79 Å². The number of halogens is 2. The van der Waals surface area contributed by atoms with Gasteiger partial charge in [-0.25, -0.2) is 4.98 Å². The van der Waals surface area contributed by atoms with Gasteiger partial charge in [0.1, 0.15) is 5.15 Å². The van der Waals surface area contributed by atoms with Gasteiger partial charge in [-0.3, -0.25) is 4.79 Å². The van der Waals surface area contributed by atoms with E-state index < -0.39 is 0 Å². The van der Waals surface area contributed by atoms with E-state index in [4.69, 9.17) is 23.2 Å². The molecule has 0 unspecified atom stereocenters. The summed E-state index contributed by atoms with van der Waals surface area (Å²) in [7, 11) is 0. The molecule has 118 valence electrons. The standard InChI is InChI=1S/C17H15Cl2N3O/c1-2-6-22-7-5-11-8-13(3-4-15(11)22)21-17(23)12-9-14(18)16(19)20-10-12/h3-5,7-10H,2,6H2,1H3,(H,21,23). The van der Waals surface area contributed by atoms with E-state index in [0.29, 0.717) is 5.56 Å². The third-order valence-electron chi connectivity index (χ3n) is 3.55. The Labute approximate surface area is 144 Å². The van der Waals surface area contributed by atoms with Crippen molar-refractivity contribution in [3.8, 4) is 0 Å². The van der Waals surface area contributed by atoms with Crippen LogP contribution in [0.2, 0.25) is 10.2 Å². The molecule has 6 heteroatoms. The highest BCUT2D eigenvalue weighted by molar-refractivity contribution is 6.41. The average molecular weight is 348 g/mol. The lowest BCUT2D eigenvalue weighted by atomic mass is 10.2. The minimum atomic E-state index is -0.275. The maximum absolute atomic E-state index is 12.3. The Morgan fingerprint density at radius 3 is 2.83 bits per heavy atom. The molecular formula is C17H15Cl2N3O. The van der Waals surface area contributed by atoms with Crippen molar-refractivity contribution in [2.45, 2.75) is 19.9 Å². The van der Waals surface area contributed by atoms with Crippen molar-refractivity contribution in [2.24, 2.45) is 0 Å². The third kappa shape index (κ3) is 3.33. The van der Waals surface area contributed by atoms with Crippen LogP contribution in [0.25, 0.3) is 10.9 Å². The van der Waals surface area contributed by atoms with Gasteiger partial charge < -0.3 is 9.88 Å². The lowest BCUT2D eigenvalue weighted by molar-refractivity contribution is 0.102. The highest BCUT2D eigenvalue weighted by Gasteiger charge is 2.10. The van der Waals surface area contributed by atoms with E-state index in [0.717, 1.165) is 29.6 Å². The summed E-state index contributed by atoms with van der Waals surface area (Å²) in [4.78, 5) is 16.1. The molecule has 0 atom stereocenters. The highest BCUT2D eigenvalue weighted by Crippen LogP contribution is 2.23. The first-order valence-corrected chi connectivity index (χ1v) is 8.05. The zero-order chi connectivity index (χ0) is 16.4. The number of aromatic nitrogens is 2. The Kier molecular flexibility index (Phi) is 4.55. The quantitative estimate of drug-likeness (QED) is 0.674. The number of benzene rings is 1. The number of carbonyl (C=O) groups excluding carboxylic acids is 1. The second-order valence-electron chi connectivity index (χ2n) is 5.23. The van der Waals surface area contributed by atoms with Crippen molar-refractivity contribution >= 4 is 45.7 Å². The number of anilines is 1. The number of pyridine rings is 1. The van der Waals surface area contributed by atoms with Gasteiger partial charge in [0.25, 0.3) is 5.91 Å². The molecule has 1 aromatic carbocycles. The monoisotopic (exact) mass is 347 g/mol. The Morgan fingerprint density at radius 2 is 2.09 bits per heavy atom. The van der Waals surface area contributed by atoms with Crippen molar-refractivity contribution < 1.29 is 4.79 Å². The van der Waals surface area contributed by atoms with Gasteiger partial charge >= 0.3 is 0 Å². The van der Waals surface area contributed by atoms with E-state index >= 15 is 0 Å². The first kappa shape index (κ1) is 15.8. The summed E-state index contributed by atoms with van der Waals surface area (Å²) in [5, 5.41) is 4.37. The van der Waals surface area contributed by atoms with Crippen LogP contribution in [-0.4, -0.2) is 15.5 Å². The summed E-state index contributed by atoms with van der Waals surface area (Å²) in [6, 6.07) is 9.39. The van der Waals surface area contributed by atoms with E-state index in [-0.39, 0.29) is 16.1 Å². The molecule has 0 saturated carbocycles. The fraction of sp³-hybridized carbons (Fsp3) is 0.176. The predicted octanol–water partition coefficient (Wildman–Crippen LogP) is 5.01. The molecule has 3 aromatic rings. The molecule has 2 aromatic heterocycles. The SMILES string of the molecule is CCCn1ccc2cc(NC(=O)c3cnc(Cl)c(Cl)c3)ccc21. The van der Waals surface area contributed by atoms with Crippen molar-refractivity contribution in [3.63, 3.8) is 0 Å². The minimum Gasteiger partial charge on any atom is -0.347 e. The number of hydrogen-bond acceptors (Lipinski definition) is 2. The van der Waals surface area contributed by atoms with Gasteiger partial charge in [-0.05, 0) is 36.8 Å². The van der Waals surface area contributed by atoms with Crippen LogP contribution in [0.15, 0.2) is 42.7 Å². The maximum Gasteiger partial charge on any atom is 0.257 e. The summed E-state index contributed by atoms with van der Waals surface area (Å²) in [6.07, 6.45) is 4.54. The summed E-state index contributed by atoms with van der Waals surface area (Å²) in [5.41, 5.74) is 2.24. The fourth-order valence-electron chi connectivity index (χ4n) is 2.46. The Balaban J connectivity index is 1.83. The van der Waals surface area contributed by atoms with Crippen molar-refractivity contribution in [3.05, 3.63) is 58.5 Å². The first-order valence-electron chi connectivity index (χ1n) is 7.30. The predicted molar refractivity (Wildman–Crippen MR) is 94.4 cm³/mol. The summed E-state index contributed by atoms with van der Waals surface area (Å²) in [6.45, 7) is 3.12. The van der Waals surface area contributed by atoms with Crippen molar-refractivity contribution in [1.82, 2.24) is 9.55 Å². The molecule has 1 amide bonds. The van der Waals surface area contributed by atoms with Gasteiger partial charge in [0.2, 0.25) is 0 Å². The van der Waals surface area contributed by atoms with Gasteiger partial charge in [-0.15, -0.1) is 0 Å². The number of aryl methyl sites for hydroxylation is 1. The fourth-order valence-corrected chi connectivity index (χ4v) is 2.73. The van der Waals surface area contributed by atoms with Crippen molar-refractivity contribution in [1.29, 1.82) is 0 Å². The zero-order valence-corrected chi connectivity index (χ0v) is 14.0. The van der Waals surface area contributed by atoms with Gasteiger partial charge in [-0.2, -0.15) is 0 Å². The smallest absolute Gasteiger partial charge is 0.257 e. The molecule has 0 radical (unpaired) electrons. The lowest BCUT2D eigenvalue weighted by Gasteiger charge is -2.07. The molecule has 23 heavy (non-hydrogen) atoms. The van der Waals surface area contributed by atoms with Gasteiger partial charge in [-0.1, -0.05) is 30.1 Å². The van der Waals surface area contributed by atoms with E-state index in [1.54, 1.807) is 0 Å². The second kappa shape index (κ2) is 6.60. The van der Waals surface area contributed by atoms with Crippen LogP contribution in [0.5, 0.6) is 0 Å². The lowest BCUT2D eigenvalue weighted by Crippen LogP contribution is -2.12. The van der Waals surface area contributed by atoms with Crippen LogP contribution in [0.4, 0.5) is 5.69 Å². The molecule has 0 spiro atoms. The van der Waals surface area contributed by atoms with E-state index in [1.807, 2.05) is 24.3 Å². The molecule has 0 saturated heterocycles. The zero-order valence-electron chi connectivity index (χ0n) is 12.5. The maximum atomic E-state index is 12.3. The molecule has 0 fully saturated rings. The molecule has 0 aliphatic rings. The number of hydrogen-bond donors (Lipinski definition) is 1. The molecular weight excluding hydrogens is 333 g/mol. The van der Waals surface area contributed by atoms with Crippen LogP contribution < -0.4 is 5.32 Å². The Morgan fingerprint density at radius 1 is 1.26 bits per heavy atom. The van der Waals surface area contributed by atoms with Crippen LogP contribution in [-0.2, 0) is 6.54 Å². The Bertz CT molecular complexity index is 873. The molecule has 4 nitrogen and oxygen atoms in total. The summed E-state index contributed by atoms with van der Waals surface area (Å²) in [5.74, 6) is -0.275. The normalized spacial score (nSPS) is 10.9. The molecule has 2 heterocycles. The molecule has 3 rings (SSSR count). The molecule has 0 bridgehead atoms. The summed E-state index contributed by atoms with van der Waals surface area (Å²) >= 11 is 11.7. The Hall–Kier alpha value is -2.04. The van der Waals surface area contributed by atoms with Crippen LogP contribution in [0, 0.1) is 0 Å². The summed E-state index contributed by atoms with van der Waals surface area (Å²) < 4.78 is 2.20. The number of fused-ring (bicyclic) bond motifs is 1. The molecule has 0 aliphatic heterocycles. The minimum absolute atomic E-state index is 0.182. The third-order valence-corrected chi connectivity index (χ3v) is 4.24. The topological polar surface area (TPSA) is 46.9 Å². The largest absolute Gasteiger partial charge is 0.347 e. The van der Waals surface area contributed by atoms with Crippen LogP contribution >= 0.6 is 23.2 Å². The first-order chi connectivity index (χ1) is 11.1. The number of amides is 1. The van der Waals surface area contributed by atoms with Crippen LogP contribution in [0.3, 0.4) is 0 Å². The second-order valence-corrected chi connectivity index (χ2v) is 6.00. The molecule has 1 N–H and O–H groups in total. The number of nitrogens with zero attached hydrogens (tertiary/aromatic N) is 2. The number of carbonyl (C=O) groups is 1. The van der Waals surface area contributed by atoms with Crippen molar-refractivity contribution in [2.75, 3.05) is 5.32 Å². The highest BCUT2D eigenvalue weighted by atomic mass is 35.5. The van der Waals surface area contributed by atoms with Gasteiger partial charge in [0.15, 0.2) is 0 Å². The van der Waals surface area contributed by atoms with E-state index in [2.05, 4.69) is 28.0 Å². The average Bonchev–Trinajstić information content (AvgIpc) is 2.93. The number of rotatable bonds is 4. The van der Waals surface area contributed by atoms with Crippen LogP contribution in [0.1, 0.15) is 23.7 Å². The molecule has 0 aliphatic carbocycles. The number of nitrogens with one attached hydrogen (secondary N) is 1. The van der Waals surface area contributed by atoms with Gasteiger partial charge in [0, 0.05) is 35.5 Å². The van der Waals surface area contributed by atoms with E-state index in [1.165, 1.54) is 12.3 Å².